The van der Waals surface area contributed by atoms with Crippen LogP contribution in [0.3, 0.4) is 0 Å². The molecule has 1 heterocycles. The molecule has 194 valence electrons. The fraction of sp³-hybridized carbons (Fsp3) is 0.800. The monoisotopic (exact) mass is 484 g/mol. The van der Waals surface area contributed by atoms with Gasteiger partial charge in [-0.15, -0.1) is 0 Å². The van der Waals surface area contributed by atoms with Crippen molar-refractivity contribution in [2.45, 2.75) is 92.3 Å². The van der Waals surface area contributed by atoms with Crippen molar-refractivity contribution in [3.8, 4) is 0 Å². The lowest BCUT2D eigenvalue weighted by Gasteiger charge is -2.66. The van der Waals surface area contributed by atoms with E-state index in [4.69, 9.17) is 4.74 Å². The molecule has 11 atom stereocenters. The summed E-state index contributed by atoms with van der Waals surface area (Å²) in [6, 6.07) is 0. The van der Waals surface area contributed by atoms with Crippen molar-refractivity contribution in [2.75, 3.05) is 6.61 Å². The average molecular weight is 485 g/mol. The van der Waals surface area contributed by atoms with Crippen LogP contribution in [0.5, 0.6) is 0 Å². The van der Waals surface area contributed by atoms with Gasteiger partial charge in [0, 0.05) is 17.3 Å². The Kier molecular flexibility index (Phi) is 5.96. The van der Waals surface area contributed by atoms with Crippen LogP contribution in [-0.4, -0.2) is 40.8 Å². The fourth-order valence-electron chi connectivity index (χ4n) is 10.0. The number of aliphatic hydroxyl groups excluding tert-OH is 2. The quantitative estimate of drug-likeness (QED) is 0.559. The first-order valence-corrected chi connectivity index (χ1v) is 13.8. The van der Waals surface area contributed by atoms with Crippen LogP contribution in [0.1, 0.15) is 80.1 Å². The van der Waals surface area contributed by atoms with Crippen LogP contribution in [-0.2, 0) is 14.3 Å². The van der Waals surface area contributed by atoms with Gasteiger partial charge >= 0.3 is 5.97 Å². The molecular weight excluding hydrogens is 440 g/mol. The second-order valence-corrected chi connectivity index (χ2v) is 13.3. The fourth-order valence-corrected chi connectivity index (χ4v) is 10.0. The van der Waals surface area contributed by atoms with Gasteiger partial charge in [-0.05, 0) is 86.0 Å². The van der Waals surface area contributed by atoms with Gasteiger partial charge in [0.25, 0.3) is 0 Å². The second-order valence-electron chi connectivity index (χ2n) is 13.3. The molecule has 1 aliphatic heterocycles. The molecule has 0 saturated heterocycles. The van der Waals surface area contributed by atoms with E-state index in [2.05, 4.69) is 34.6 Å². The zero-order valence-corrected chi connectivity index (χ0v) is 22.3. The number of carbonyl (C=O) groups excluding carboxylic acids is 2. The van der Waals surface area contributed by atoms with Crippen LogP contribution in [0.25, 0.3) is 0 Å². The Hall–Kier alpha value is -1.46. The van der Waals surface area contributed by atoms with Crippen molar-refractivity contribution < 1.29 is 24.5 Å². The predicted octanol–water partition coefficient (Wildman–Crippen LogP) is 4.86. The van der Waals surface area contributed by atoms with Crippen LogP contribution in [0.4, 0.5) is 0 Å². The highest BCUT2D eigenvalue weighted by Crippen LogP contribution is 2.71. The Morgan fingerprint density at radius 1 is 1.14 bits per heavy atom. The molecule has 0 aromatic carbocycles. The smallest absolute Gasteiger partial charge is 0.336 e. The average Bonchev–Trinajstić information content (AvgIpc) is 3.16. The van der Waals surface area contributed by atoms with Gasteiger partial charge in [0.15, 0.2) is 5.78 Å². The molecule has 3 saturated carbocycles. The lowest BCUT2D eigenvalue weighted by molar-refractivity contribution is -0.197. The van der Waals surface area contributed by atoms with Crippen LogP contribution >= 0.6 is 0 Å². The minimum absolute atomic E-state index is 0.137. The normalized spacial score (nSPS) is 50.3. The van der Waals surface area contributed by atoms with Crippen LogP contribution in [0.2, 0.25) is 0 Å². The number of hydrogen-bond acceptors (Lipinski definition) is 5. The number of carbonyl (C=O) groups is 2. The molecule has 0 aromatic heterocycles. The number of ether oxygens (including phenoxy) is 1. The van der Waals surface area contributed by atoms with E-state index in [0.717, 1.165) is 37.7 Å². The first-order valence-electron chi connectivity index (χ1n) is 13.8. The maximum Gasteiger partial charge on any atom is 0.336 e. The number of ketones is 1. The molecular formula is C30H44O5. The topological polar surface area (TPSA) is 83.8 Å². The van der Waals surface area contributed by atoms with Gasteiger partial charge < -0.3 is 14.9 Å². The van der Waals surface area contributed by atoms with Gasteiger partial charge in [-0.25, -0.2) is 4.79 Å². The highest BCUT2D eigenvalue weighted by Gasteiger charge is 2.68. The predicted molar refractivity (Wildman–Crippen MR) is 134 cm³/mol. The number of rotatable bonds is 3. The van der Waals surface area contributed by atoms with Crippen molar-refractivity contribution in [1.29, 1.82) is 0 Å². The van der Waals surface area contributed by atoms with E-state index < -0.39 is 16.9 Å². The molecule has 3 fully saturated rings. The molecule has 5 heteroatoms. The number of esters is 1. The third kappa shape index (κ3) is 3.19. The van der Waals surface area contributed by atoms with E-state index in [1.54, 1.807) is 12.2 Å². The second kappa shape index (κ2) is 8.28. The van der Waals surface area contributed by atoms with Crippen LogP contribution in [0, 0.1) is 51.8 Å². The van der Waals surface area contributed by atoms with E-state index in [9.17, 15) is 19.8 Å². The standard InChI is InChI=1S/C30H44O5/c1-16-13-24(35-27(34)20(16)15-31)18(3)21-7-8-22-19-14-17(2)29(5)25(32)9-10-26(33)30(29,6)23(19)11-12-28(21,22)4/h9-10,17-19,21-25,31-32H,7-8,11-15H2,1-6H3/t17-,18+,19?,21?,22?,23?,24?,25+,28-,29-,30+/m1/s1. The van der Waals surface area contributed by atoms with Gasteiger partial charge in [-0.3, -0.25) is 4.79 Å². The van der Waals surface area contributed by atoms with Crippen LogP contribution < -0.4 is 0 Å². The summed E-state index contributed by atoms with van der Waals surface area (Å²) in [6.07, 6.45) is 8.84. The number of fused-ring (bicyclic) bond motifs is 5. The Morgan fingerprint density at radius 2 is 1.86 bits per heavy atom. The third-order valence-corrected chi connectivity index (χ3v) is 12.5. The molecule has 0 bridgehead atoms. The van der Waals surface area contributed by atoms with Gasteiger partial charge in [0.05, 0.1) is 18.3 Å². The molecule has 2 N–H and O–H groups in total. The van der Waals surface area contributed by atoms with E-state index in [1.165, 1.54) is 0 Å². The summed E-state index contributed by atoms with van der Waals surface area (Å²) in [5.74, 6) is 2.17. The number of aliphatic hydroxyl groups is 2. The number of allylic oxidation sites excluding steroid dienone is 1. The molecule has 0 amide bonds. The van der Waals surface area contributed by atoms with E-state index in [0.29, 0.717) is 35.7 Å². The van der Waals surface area contributed by atoms with E-state index in [1.807, 2.05) is 6.92 Å². The van der Waals surface area contributed by atoms with Gasteiger partial charge in [0.1, 0.15) is 6.10 Å². The SMILES string of the molecule is CC1=C(CO)C(=O)OC([C@@H](C)C2CCC3C4C[C@@H](C)[C@]5(C)[C@@H](O)C=CC(=O)[C@]5(C)C4CC[C@@]32C)C1. The highest BCUT2D eigenvalue weighted by atomic mass is 16.5. The number of cyclic esters (lactones) is 1. The molecule has 4 aliphatic carbocycles. The maximum absolute atomic E-state index is 13.5. The highest BCUT2D eigenvalue weighted by molar-refractivity contribution is 5.97. The first-order chi connectivity index (χ1) is 16.4. The summed E-state index contributed by atoms with van der Waals surface area (Å²) >= 11 is 0. The largest absolute Gasteiger partial charge is 0.458 e. The van der Waals surface area contributed by atoms with Gasteiger partial charge in [0.2, 0.25) is 0 Å². The first kappa shape index (κ1) is 25.2. The summed E-state index contributed by atoms with van der Waals surface area (Å²) in [4.78, 5) is 26.0. The summed E-state index contributed by atoms with van der Waals surface area (Å²) in [5.41, 5.74) is 0.586. The van der Waals surface area contributed by atoms with Gasteiger partial charge in [-0.2, -0.15) is 0 Å². The van der Waals surface area contributed by atoms with Crippen molar-refractivity contribution in [1.82, 2.24) is 0 Å². The summed E-state index contributed by atoms with van der Waals surface area (Å²) < 4.78 is 5.87. The van der Waals surface area contributed by atoms with Crippen molar-refractivity contribution >= 4 is 11.8 Å². The zero-order chi connectivity index (χ0) is 25.5. The molecule has 0 spiro atoms. The Bertz CT molecular complexity index is 981. The lowest BCUT2D eigenvalue weighted by Crippen LogP contribution is -2.65. The third-order valence-electron chi connectivity index (χ3n) is 12.5. The molecule has 0 aromatic rings. The molecule has 35 heavy (non-hydrogen) atoms. The Morgan fingerprint density at radius 3 is 2.51 bits per heavy atom. The Labute approximate surface area is 210 Å². The van der Waals surface area contributed by atoms with Crippen molar-refractivity contribution in [3.05, 3.63) is 23.3 Å². The molecule has 5 nitrogen and oxygen atoms in total. The molecule has 5 rings (SSSR count). The number of hydrogen-bond donors (Lipinski definition) is 2. The minimum Gasteiger partial charge on any atom is -0.458 e. The lowest BCUT2D eigenvalue weighted by atomic mass is 9.38. The minimum atomic E-state index is -0.577. The molecule has 5 unspecified atom stereocenters. The maximum atomic E-state index is 13.5. The summed E-state index contributed by atoms with van der Waals surface area (Å²) in [7, 11) is 0. The van der Waals surface area contributed by atoms with Crippen molar-refractivity contribution in [2.24, 2.45) is 51.8 Å². The molecule has 0 radical (unpaired) electrons. The van der Waals surface area contributed by atoms with E-state index in [-0.39, 0.29) is 41.7 Å². The van der Waals surface area contributed by atoms with Gasteiger partial charge in [-0.1, -0.05) is 46.3 Å². The summed E-state index contributed by atoms with van der Waals surface area (Å²) in [5, 5.41) is 20.6. The zero-order valence-electron chi connectivity index (χ0n) is 22.3. The van der Waals surface area contributed by atoms with Crippen molar-refractivity contribution in [3.63, 3.8) is 0 Å². The van der Waals surface area contributed by atoms with E-state index >= 15 is 0 Å². The summed E-state index contributed by atoms with van der Waals surface area (Å²) in [6.45, 7) is 13.0. The Balaban J connectivity index is 1.43. The molecule has 5 aliphatic rings. The van der Waals surface area contributed by atoms with Crippen LogP contribution in [0.15, 0.2) is 23.3 Å².